The number of nitrogens with two attached hydrogens (primary N) is 2. The maximum absolute atomic E-state index is 12.7. The van der Waals surface area contributed by atoms with Crippen LogP contribution in [0.5, 0.6) is 0 Å². The van der Waals surface area contributed by atoms with Gasteiger partial charge in [-0.3, -0.25) is 4.79 Å². The van der Waals surface area contributed by atoms with E-state index in [0.717, 1.165) is 0 Å². The minimum atomic E-state index is -3.64. The molecule has 0 saturated carbocycles. The number of hydrogen-bond donors (Lipinski definition) is 2. The van der Waals surface area contributed by atoms with Gasteiger partial charge in [-0.25, -0.2) is 8.42 Å². The summed E-state index contributed by atoms with van der Waals surface area (Å²) in [7, 11) is -2.05. The zero-order chi connectivity index (χ0) is 16.0. The maximum atomic E-state index is 12.7. The number of rotatable bonds is 3. The summed E-state index contributed by atoms with van der Waals surface area (Å²) in [6, 6.07) is 1.29. The van der Waals surface area contributed by atoms with E-state index in [4.69, 9.17) is 11.5 Å². The highest BCUT2D eigenvalue weighted by Gasteiger charge is 2.39. The molecule has 0 radical (unpaired) electrons. The van der Waals surface area contributed by atoms with Crippen molar-refractivity contribution in [3.63, 3.8) is 0 Å². The third-order valence-corrected chi connectivity index (χ3v) is 5.96. The number of sulfonamides is 1. The number of carbonyl (C=O) groups excluding carboxylic acids is 1. The highest BCUT2D eigenvalue weighted by molar-refractivity contribution is 7.89. The molecule has 0 aromatic carbocycles. The van der Waals surface area contributed by atoms with Crippen LogP contribution in [-0.2, 0) is 17.1 Å². The van der Waals surface area contributed by atoms with Crippen molar-refractivity contribution in [3.8, 4) is 0 Å². The minimum absolute atomic E-state index is 0.0269. The SMILES string of the molecule is Cn1cc(S(=O)(=O)N2CCC(N)C(C)(C)C2)cc1C(N)=O. The Morgan fingerprint density at radius 1 is 1.43 bits per heavy atom. The Balaban J connectivity index is 2.35. The summed E-state index contributed by atoms with van der Waals surface area (Å²) in [4.78, 5) is 11.3. The molecule has 1 saturated heterocycles. The molecule has 1 fully saturated rings. The standard InChI is InChI=1S/C13H22N4O3S/c1-13(2)8-17(5-4-11(13)14)21(19,20)9-6-10(12(15)18)16(3)7-9/h6-7,11H,4-5,8,14H2,1-3H3,(H2,15,18). The molecule has 118 valence electrons. The Bertz CT molecular complexity index is 663. The number of nitrogens with zero attached hydrogens (tertiary/aromatic N) is 2. The van der Waals surface area contributed by atoms with E-state index in [2.05, 4.69) is 0 Å². The van der Waals surface area contributed by atoms with Crippen LogP contribution in [0.4, 0.5) is 0 Å². The largest absolute Gasteiger partial charge is 0.364 e. The first kappa shape index (κ1) is 16.0. The zero-order valence-electron chi connectivity index (χ0n) is 12.5. The third kappa shape index (κ3) is 2.83. The lowest BCUT2D eigenvalue weighted by Gasteiger charge is -2.41. The second kappa shape index (κ2) is 5.11. The van der Waals surface area contributed by atoms with E-state index < -0.39 is 15.9 Å². The predicted octanol–water partition coefficient (Wildman–Crippen LogP) is -0.128. The fourth-order valence-corrected chi connectivity index (χ4v) is 4.30. The number of amides is 1. The number of aromatic nitrogens is 1. The Labute approximate surface area is 124 Å². The first-order valence-electron chi connectivity index (χ1n) is 6.77. The molecular weight excluding hydrogens is 292 g/mol. The topological polar surface area (TPSA) is 111 Å². The molecule has 1 atom stereocenters. The second-order valence-electron chi connectivity index (χ2n) is 6.26. The summed E-state index contributed by atoms with van der Waals surface area (Å²) in [6.45, 7) is 4.66. The summed E-state index contributed by atoms with van der Waals surface area (Å²) in [6.07, 6.45) is 2.03. The number of primary amides is 1. The molecule has 1 aliphatic rings. The van der Waals surface area contributed by atoms with Gasteiger partial charge in [-0.1, -0.05) is 13.8 Å². The molecule has 2 heterocycles. The van der Waals surface area contributed by atoms with Gasteiger partial charge in [-0.15, -0.1) is 0 Å². The number of hydrogen-bond acceptors (Lipinski definition) is 4. The summed E-state index contributed by atoms with van der Waals surface area (Å²) in [5.74, 6) is -0.653. The summed E-state index contributed by atoms with van der Waals surface area (Å²) >= 11 is 0. The summed E-state index contributed by atoms with van der Waals surface area (Å²) < 4.78 is 28.2. The van der Waals surface area contributed by atoms with Crippen molar-refractivity contribution in [2.45, 2.75) is 31.2 Å². The Kier molecular flexibility index (Phi) is 3.90. The Hall–Kier alpha value is -1.38. The third-order valence-electron chi connectivity index (χ3n) is 4.15. The van der Waals surface area contributed by atoms with E-state index in [-0.39, 0.29) is 22.0 Å². The first-order chi connectivity index (χ1) is 9.55. The molecule has 1 amide bonds. The number of piperidine rings is 1. The van der Waals surface area contributed by atoms with Crippen molar-refractivity contribution >= 4 is 15.9 Å². The van der Waals surface area contributed by atoms with E-state index in [9.17, 15) is 13.2 Å². The van der Waals surface area contributed by atoms with Gasteiger partial charge < -0.3 is 16.0 Å². The molecule has 7 nitrogen and oxygen atoms in total. The molecule has 4 N–H and O–H groups in total. The van der Waals surface area contributed by atoms with Crippen molar-refractivity contribution in [1.82, 2.24) is 8.87 Å². The lowest BCUT2D eigenvalue weighted by molar-refractivity contribution is 0.0992. The molecule has 1 aromatic heterocycles. The molecule has 8 heteroatoms. The van der Waals surface area contributed by atoms with Gasteiger partial charge in [-0.2, -0.15) is 4.31 Å². The van der Waals surface area contributed by atoms with Crippen LogP contribution >= 0.6 is 0 Å². The van der Waals surface area contributed by atoms with Gasteiger partial charge in [0.05, 0.1) is 0 Å². The van der Waals surface area contributed by atoms with Gasteiger partial charge in [-0.05, 0) is 17.9 Å². The van der Waals surface area contributed by atoms with Crippen LogP contribution in [0.3, 0.4) is 0 Å². The summed E-state index contributed by atoms with van der Waals surface area (Å²) in [5, 5.41) is 0. The molecule has 0 bridgehead atoms. The number of carbonyl (C=O) groups is 1. The van der Waals surface area contributed by atoms with Crippen LogP contribution in [-0.4, -0.2) is 42.3 Å². The lowest BCUT2D eigenvalue weighted by atomic mass is 9.81. The molecule has 2 rings (SSSR count). The molecule has 1 aliphatic heterocycles. The van der Waals surface area contributed by atoms with Crippen molar-refractivity contribution in [2.75, 3.05) is 13.1 Å². The van der Waals surface area contributed by atoms with Crippen LogP contribution in [0.2, 0.25) is 0 Å². The molecular formula is C13H22N4O3S. The monoisotopic (exact) mass is 314 g/mol. The Morgan fingerprint density at radius 2 is 2.05 bits per heavy atom. The van der Waals surface area contributed by atoms with Crippen molar-refractivity contribution < 1.29 is 13.2 Å². The molecule has 0 spiro atoms. The van der Waals surface area contributed by atoms with Crippen molar-refractivity contribution in [1.29, 1.82) is 0 Å². The van der Waals surface area contributed by atoms with E-state index in [1.165, 1.54) is 21.1 Å². The quantitative estimate of drug-likeness (QED) is 0.809. The Morgan fingerprint density at radius 3 is 2.52 bits per heavy atom. The van der Waals surface area contributed by atoms with Crippen molar-refractivity contribution in [3.05, 3.63) is 18.0 Å². The predicted molar refractivity (Wildman–Crippen MR) is 79.1 cm³/mol. The summed E-state index contributed by atoms with van der Waals surface area (Å²) in [5.41, 5.74) is 11.1. The van der Waals surface area contributed by atoms with E-state index in [1.54, 1.807) is 7.05 Å². The van der Waals surface area contributed by atoms with E-state index in [1.807, 2.05) is 13.8 Å². The lowest BCUT2D eigenvalue weighted by Crippen LogP contribution is -2.53. The molecule has 1 aromatic rings. The van der Waals surface area contributed by atoms with Gasteiger partial charge in [0.15, 0.2) is 0 Å². The minimum Gasteiger partial charge on any atom is -0.364 e. The molecule has 21 heavy (non-hydrogen) atoms. The van der Waals surface area contributed by atoms with E-state index in [0.29, 0.717) is 19.5 Å². The molecule has 1 unspecified atom stereocenters. The van der Waals surface area contributed by atoms with Gasteiger partial charge in [0, 0.05) is 32.4 Å². The highest BCUT2D eigenvalue weighted by Crippen LogP contribution is 2.31. The van der Waals surface area contributed by atoms with Crippen molar-refractivity contribution in [2.24, 2.45) is 23.9 Å². The van der Waals surface area contributed by atoms with Gasteiger partial charge in [0.2, 0.25) is 10.0 Å². The number of aryl methyl sites for hydroxylation is 1. The van der Waals surface area contributed by atoms with Crippen LogP contribution in [0.15, 0.2) is 17.2 Å². The fourth-order valence-electron chi connectivity index (χ4n) is 2.60. The highest BCUT2D eigenvalue weighted by atomic mass is 32.2. The van der Waals surface area contributed by atoms with Crippen LogP contribution in [0.1, 0.15) is 30.8 Å². The van der Waals surface area contributed by atoms with E-state index >= 15 is 0 Å². The first-order valence-corrected chi connectivity index (χ1v) is 8.21. The maximum Gasteiger partial charge on any atom is 0.265 e. The van der Waals surface area contributed by atoms with Crippen LogP contribution in [0.25, 0.3) is 0 Å². The van der Waals surface area contributed by atoms with Crippen LogP contribution < -0.4 is 11.5 Å². The average molecular weight is 314 g/mol. The van der Waals surface area contributed by atoms with Gasteiger partial charge in [0.1, 0.15) is 10.6 Å². The van der Waals surface area contributed by atoms with Gasteiger partial charge in [0.25, 0.3) is 5.91 Å². The normalized spacial score (nSPS) is 23.1. The fraction of sp³-hybridized carbons (Fsp3) is 0.615. The second-order valence-corrected chi connectivity index (χ2v) is 8.20. The molecule has 0 aliphatic carbocycles. The average Bonchev–Trinajstić information content (AvgIpc) is 2.75. The smallest absolute Gasteiger partial charge is 0.265 e. The van der Waals surface area contributed by atoms with Crippen LogP contribution in [0, 0.1) is 5.41 Å². The van der Waals surface area contributed by atoms with Gasteiger partial charge >= 0.3 is 0 Å². The zero-order valence-corrected chi connectivity index (χ0v) is 13.4.